The van der Waals surface area contributed by atoms with Crippen LogP contribution in [0.15, 0.2) is 60.7 Å². The van der Waals surface area contributed by atoms with Crippen molar-refractivity contribution in [3.8, 4) is 0 Å². The van der Waals surface area contributed by atoms with Crippen LogP contribution in [0.3, 0.4) is 0 Å². The van der Waals surface area contributed by atoms with Crippen molar-refractivity contribution in [1.82, 2.24) is 0 Å². The molecule has 0 N–H and O–H groups in total. The van der Waals surface area contributed by atoms with Crippen LogP contribution in [-0.2, 0) is 15.1 Å². The molecule has 0 spiro atoms. The molecule has 0 saturated carbocycles. The van der Waals surface area contributed by atoms with Gasteiger partial charge in [0.1, 0.15) is 0 Å². The Morgan fingerprint density at radius 2 is 1.50 bits per heavy atom. The molecule has 0 aliphatic carbocycles. The minimum absolute atomic E-state index is 0.0535. The summed E-state index contributed by atoms with van der Waals surface area (Å²) in [6.07, 6.45) is -5.00. The van der Waals surface area contributed by atoms with Gasteiger partial charge in [0.15, 0.2) is 0 Å². The number of benzene rings is 2. The van der Waals surface area contributed by atoms with Crippen molar-refractivity contribution in [3.63, 3.8) is 0 Å². The summed E-state index contributed by atoms with van der Waals surface area (Å²) in [5, 5.41) is 0. The Hall–Kier alpha value is -2.30. The van der Waals surface area contributed by atoms with E-state index in [1.165, 1.54) is 24.3 Å². The number of hydrogen-bond acceptors (Lipinski definition) is 2. The summed E-state index contributed by atoms with van der Waals surface area (Å²) in [6, 6.07) is 15.6. The van der Waals surface area contributed by atoms with Crippen LogP contribution in [0.4, 0.5) is 13.2 Å². The molecule has 0 bridgehead atoms. The predicted octanol–water partition coefficient (Wildman–Crippen LogP) is 4.17. The van der Waals surface area contributed by atoms with Crippen molar-refractivity contribution in [2.75, 3.05) is 0 Å². The van der Waals surface area contributed by atoms with Crippen molar-refractivity contribution < 1.29 is 22.7 Å². The average Bonchev–Trinajstić information content (AvgIpc) is 2.88. The highest BCUT2D eigenvalue weighted by atomic mass is 19.4. The normalized spacial score (nSPS) is 25.0. The molecule has 22 heavy (non-hydrogen) atoms. The van der Waals surface area contributed by atoms with Gasteiger partial charge >= 0.3 is 12.1 Å². The van der Waals surface area contributed by atoms with Crippen molar-refractivity contribution >= 4 is 5.97 Å². The van der Waals surface area contributed by atoms with Crippen LogP contribution in [0.2, 0.25) is 0 Å². The van der Waals surface area contributed by atoms with Crippen LogP contribution in [0.1, 0.15) is 23.5 Å². The number of cyclic esters (lactones) is 1. The lowest BCUT2D eigenvalue weighted by Crippen LogP contribution is -2.46. The number of alkyl halides is 3. The van der Waals surface area contributed by atoms with Gasteiger partial charge in [0.2, 0.25) is 5.60 Å². The van der Waals surface area contributed by atoms with E-state index >= 15 is 0 Å². The molecule has 0 amide bonds. The Balaban J connectivity index is 2.21. The smallest absolute Gasteiger partial charge is 0.433 e. The fourth-order valence-electron chi connectivity index (χ4n) is 3.01. The second-order valence-corrected chi connectivity index (χ2v) is 5.24. The lowest BCUT2D eigenvalue weighted by molar-refractivity contribution is -0.269. The molecule has 2 atom stereocenters. The zero-order valence-corrected chi connectivity index (χ0v) is 11.5. The Morgan fingerprint density at radius 1 is 0.955 bits per heavy atom. The van der Waals surface area contributed by atoms with Gasteiger partial charge in [0.05, 0.1) is 6.42 Å². The largest absolute Gasteiger partial charge is 0.444 e. The molecule has 2 aromatic rings. The Bertz CT molecular complexity index is 667. The first-order chi connectivity index (χ1) is 10.4. The third-order valence-electron chi connectivity index (χ3n) is 3.96. The van der Waals surface area contributed by atoms with Gasteiger partial charge < -0.3 is 4.74 Å². The molecule has 5 heteroatoms. The Labute approximate surface area is 125 Å². The predicted molar refractivity (Wildman–Crippen MR) is 74.1 cm³/mol. The van der Waals surface area contributed by atoms with Crippen LogP contribution < -0.4 is 0 Å². The standard InChI is InChI=1S/C17H13F3O2/c18-17(19,20)16(13-9-5-2-6-10-13)14(11-15(21)22-16)12-7-3-1-4-8-12/h1-10,14H,11H2. The van der Waals surface area contributed by atoms with E-state index in [2.05, 4.69) is 0 Å². The molecular weight excluding hydrogens is 293 g/mol. The fraction of sp³-hybridized carbons (Fsp3) is 0.235. The molecule has 2 nitrogen and oxygen atoms in total. The highest BCUT2D eigenvalue weighted by Crippen LogP contribution is 2.56. The van der Waals surface area contributed by atoms with Crippen molar-refractivity contribution in [3.05, 3.63) is 71.8 Å². The first-order valence-corrected chi connectivity index (χ1v) is 6.84. The zero-order valence-electron chi connectivity index (χ0n) is 11.5. The molecule has 0 aromatic heterocycles. The summed E-state index contributed by atoms with van der Waals surface area (Å²) in [4.78, 5) is 11.7. The van der Waals surface area contributed by atoms with Gasteiger partial charge in [0.25, 0.3) is 0 Å². The first-order valence-electron chi connectivity index (χ1n) is 6.84. The fourth-order valence-corrected chi connectivity index (χ4v) is 3.01. The topological polar surface area (TPSA) is 26.3 Å². The number of esters is 1. The maximum absolute atomic E-state index is 13.9. The van der Waals surface area contributed by atoms with E-state index in [4.69, 9.17) is 4.74 Å². The van der Waals surface area contributed by atoms with Crippen molar-refractivity contribution in [1.29, 1.82) is 0 Å². The molecule has 114 valence electrons. The summed E-state index contributed by atoms with van der Waals surface area (Å²) in [5.74, 6) is -1.93. The second-order valence-electron chi connectivity index (χ2n) is 5.24. The quantitative estimate of drug-likeness (QED) is 0.778. The van der Waals surface area contributed by atoms with E-state index in [1.807, 2.05) is 0 Å². The van der Waals surface area contributed by atoms with Crippen LogP contribution in [0, 0.1) is 0 Å². The van der Waals surface area contributed by atoms with E-state index in [-0.39, 0.29) is 12.0 Å². The molecule has 0 radical (unpaired) electrons. The summed E-state index contributed by atoms with van der Waals surface area (Å²) in [5.41, 5.74) is -2.25. The second kappa shape index (κ2) is 5.16. The van der Waals surface area contributed by atoms with Gasteiger partial charge in [-0.25, -0.2) is 0 Å². The molecule has 1 saturated heterocycles. The molecule has 1 heterocycles. The minimum atomic E-state index is -4.71. The van der Waals surface area contributed by atoms with Gasteiger partial charge in [-0.2, -0.15) is 13.2 Å². The number of carbonyl (C=O) groups is 1. The molecular formula is C17H13F3O2. The number of rotatable bonds is 2. The zero-order chi connectivity index (χ0) is 15.8. The summed E-state index contributed by atoms with van der Waals surface area (Å²) >= 11 is 0. The number of hydrogen-bond donors (Lipinski definition) is 0. The highest BCUT2D eigenvalue weighted by molar-refractivity contribution is 5.75. The monoisotopic (exact) mass is 306 g/mol. The Morgan fingerprint density at radius 3 is 2.05 bits per heavy atom. The molecule has 1 aliphatic rings. The SMILES string of the molecule is O=C1CC(c2ccccc2)C(c2ccccc2)(C(F)(F)F)O1. The minimum Gasteiger partial charge on any atom is -0.444 e. The maximum atomic E-state index is 13.9. The van der Waals surface area contributed by atoms with Gasteiger partial charge in [0, 0.05) is 11.5 Å². The van der Waals surface area contributed by atoms with Crippen LogP contribution >= 0.6 is 0 Å². The van der Waals surface area contributed by atoms with Gasteiger partial charge in [-0.1, -0.05) is 60.7 Å². The average molecular weight is 306 g/mol. The van der Waals surface area contributed by atoms with E-state index in [0.29, 0.717) is 5.56 Å². The third kappa shape index (κ3) is 2.17. The summed E-state index contributed by atoms with van der Waals surface area (Å²) in [6.45, 7) is 0. The number of halogens is 3. The molecule has 2 unspecified atom stereocenters. The Kier molecular flexibility index (Phi) is 3.43. The molecule has 3 rings (SSSR count). The van der Waals surface area contributed by atoms with E-state index in [1.54, 1.807) is 36.4 Å². The summed E-state index contributed by atoms with van der Waals surface area (Å²) in [7, 11) is 0. The van der Waals surface area contributed by atoms with Gasteiger partial charge in [-0.15, -0.1) is 0 Å². The lowest BCUT2D eigenvalue weighted by Gasteiger charge is -2.35. The first kappa shape index (κ1) is 14.6. The number of carbonyl (C=O) groups excluding carboxylic acids is 1. The van der Waals surface area contributed by atoms with Crippen molar-refractivity contribution in [2.24, 2.45) is 0 Å². The van der Waals surface area contributed by atoms with Gasteiger partial charge in [-0.05, 0) is 5.56 Å². The lowest BCUT2D eigenvalue weighted by atomic mass is 9.77. The van der Waals surface area contributed by atoms with E-state index in [9.17, 15) is 18.0 Å². The van der Waals surface area contributed by atoms with Crippen LogP contribution in [0.25, 0.3) is 0 Å². The van der Waals surface area contributed by atoms with Crippen LogP contribution in [0.5, 0.6) is 0 Å². The molecule has 1 aliphatic heterocycles. The number of ether oxygens (including phenoxy) is 1. The van der Waals surface area contributed by atoms with Crippen molar-refractivity contribution in [2.45, 2.75) is 24.1 Å². The molecule has 1 fully saturated rings. The summed E-state index contributed by atoms with van der Waals surface area (Å²) < 4.78 is 46.7. The van der Waals surface area contributed by atoms with Gasteiger partial charge in [-0.3, -0.25) is 4.79 Å². The van der Waals surface area contributed by atoms with E-state index < -0.39 is 23.7 Å². The third-order valence-corrected chi connectivity index (χ3v) is 3.96. The van der Waals surface area contributed by atoms with E-state index in [0.717, 1.165) is 0 Å². The van der Waals surface area contributed by atoms with Crippen LogP contribution in [-0.4, -0.2) is 12.1 Å². The molecule has 2 aromatic carbocycles. The maximum Gasteiger partial charge on any atom is 0.433 e. The highest BCUT2D eigenvalue weighted by Gasteiger charge is 2.67.